The monoisotopic (exact) mass is 221 g/mol. The van der Waals surface area contributed by atoms with Gasteiger partial charge in [0.05, 0.1) is 24.7 Å². The molecule has 0 aromatic rings. The fourth-order valence-electron chi connectivity index (χ4n) is 3.86. The lowest BCUT2D eigenvalue weighted by Gasteiger charge is -2.48. The average Bonchev–Trinajstić information content (AvgIpc) is 2.83. The van der Waals surface area contributed by atoms with Gasteiger partial charge in [0.2, 0.25) is 0 Å². The maximum absolute atomic E-state index is 9.56. The van der Waals surface area contributed by atoms with E-state index < -0.39 is 0 Å². The first-order valence-corrected chi connectivity index (χ1v) is 6.47. The van der Waals surface area contributed by atoms with Gasteiger partial charge in [-0.25, -0.2) is 0 Å². The summed E-state index contributed by atoms with van der Waals surface area (Å²) in [5, 5.41) is 9.56. The predicted octanol–water partition coefficient (Wildman–Crippen LogP) is 2.47. The van der Waals surface area contributed by atoms with Crippen molar-refractivity contribution in [3.05, 3.63) is 0 Å². The van der Waals surface area contributed by atoms with Gasteiger partial charge in [-0.1, -0.05) is 12.8 Å². The van der Waals surface area contributed by atoms with Crippen molar-refractivity contribution in [2.75, 3.05) is 13.2 Å². The molecule has 0 N–H and O–H groups in total. The van der Waals surface area contributed by atoms with Crippen molar-refractivity contribution in [1.29, 1.82) is 5.26 Å². The van der Waals surface area contributed by atoms with Crippen molar-refractivity contribution >= 4 is 0 Å². The molecular weight excluding hydrogens is 202 g/mol. The molecule has 0 aromatic carbocycles. The molecule has 16 heavy (non-hydrogen) atoms. The van der Waals surface area contributed by atoms with Crippen LogP contribution in [0.3, 0.4) is 0 Å². The summed E-state index contributed by atoms with van der Waals surface area (Å²) in [5.74, 6) is 1.38. The molecule has 3 saturated carbocycles. The van der Waals surface area contributed by atoms with Crippen LogP contribution in [0.25, 0.3) is 0 Å². The lowest BCUT2D eigenvalue weighted by molar-refractivity contribution is -0.0922. The van der Waals surface area contributed by atoms with E-state index in [1.54, 1.807) is 0 Å². The van der Waals surface area contributed by atoms with E-state index in [-0.39, 0.29) is 11.7 Å². The van der Waals surface area contributed by atoms with Crippen LogP contribution in [0, 0.1) is 28.6 Å². The molecule has 4 rings (SSSR count). The van der Waals surface area contributed by atoms with Crippen LogP contribution in [0.1, 0.15) is 38.5 Å². The fraction of sp³-hybridized carbons (Fsp3) is 0.923. The van der Waals surface area contributed by atoms with Crippen molar-refractivity contribution < 1.29 is 9.47 Å². The third kappa shape index (κ3) is 1.65. The molecule has 0 amide bonds. The van der Waals surface area contributed by atoms with Gasteiger partial charge in [0.25, 0.3) is 0 Å². The molecule has 0 radical (unpaired) electrons. The van der Waals surface area contributed by atoms with E-state index in [2.05, 4.69) is 6.07 Å². The minimum Gasteiger partial charge on any atom is -0.350 e. The molecule has 3 nitrogen and oxygen atoms in total. The molecule has 3 heteroatoms. The van der Waals surface area contributed by atoms with E-state index in [0.717, 1.165) is 18.8 Å². The Morgan fingerprint density at radius 1 is 1.12 bits per heavy atom. The third-order valence-corrected chi connectivity index (χ3v) is 4.73. The quantitative estimate of drug-likeness (QED) is 0.719. The first-order valence-electron chi connectivity index (χ1n) is 6.47. The maximum atomic E-state index is 9.56. The highest BCUT2D eigenvalue weighted by Gasteiger charge is 2.49. The molecule has 1 unspecified atom stereocenters. The number of nitrogens with zero attached hydrogens (tertiary/aromatic N) is 1. The van der Waals surface area contributed by atoms with Crippen LogP contribution in [0.2, 0.25) is 0 Å². The van der Waals surface area contributed by atoms with Gasteiger partial charge >= 0.3 is 0 Å². The Kier molecular flexibility index (Phi) is 2.65. The van der Waals surface area contributed by atoms with E-state index >= 15 is 0 Å². The van der Waals surface area contributed by atoms with E-state index in [9.17, 15) is 5.26 Å². The summed E-state index contributed by atoms with van der Waals surface area (Å²) in [6.45, 7) is 1.39. The van der Waals surface area contributed by atoms with Gasteiger partial charge in [-0.05, 0) is 31.1 Å². The van der Waals surface area contributed by atoms with Crippen molar-refractivity contribution in [2.45, 2.75) is 44.8 Å². The molecule has 1 aliphatic heterocycles. The highest BCUT2D eigenvalue weighted by Crippen LogP contribution is 2.54. The second kappa shape index (κ2) is 4.01. The van der Waals surface area contributed by atoms with Gasteiger partial charge < -0.3 is 9.47 Å². The van der Waals surface area contributed by atoms with E-state index in [4.69, 9.17) is 9.47 Å². The zero-order valence-corrected chi connectivity index (χ0v) is 9.65. The fourth-order valence-corrected chi connectivity index (χ4v) is 3.86. The molecule has 1 saturated heterocycles. The van der Waals surface area contributed by atoms with Gasteiger partial charge in [0, 0.05) is 6.42 Å². The minimum absolute atomic E-state index is 0.112. The first kappa shape index (κ1) is 10.6. The maximum Gasteiger partial charge on any atom is 0.159 e. The summed E-state index contributed by atoms with van der Waals surface area (Å²) in [5.41, 5.74) is -0.143. The van der Waals surface area contributed by atoms with Crippen LogP contribution in [0.4, 0.5) is 0 Å². The number of fused-ring (bicyclic) bond motifs is 3. The number of hydrogen-bond acceptors (Lipinski definition) is 3. The Balaban J connectivity index is 1.75. The van der Waals surface area contributed by atoms with Gasteiger partial charge in [-0.3, -0.25) is 0 Å². The molecule has 3 aliphatic carbocycles. The molecule has 4 aliphatic rings. The predicted molar refractivity (Wildman–Crippen MR) is 58.4 cm³/mol. The Morgan fingerprint density at radius 2 is 1.81 bits per heavy atom. The van der Waals surface area contributed by atoms with Gasteiger partial charge in [0.1, 0.15) is 0 Å². The second-order valence-corrected chi connectivity index (χ2v) is 5.56. The Morgan fingerprint density at radius 3 is 2.31 bits per heavy atom. The normalized spacial score (nSPS) is 43.4. The van der Waals surface area contributed by atoms with Gasteiger partial charge in [0.15, 0.2) is 6.29 Å². The zero-order valence-electron chi connectivity index (χ0n) is 9.65. The van der Waals surface area contributed by atoms with E-state index in [0.29, 0.717) is 19.1 Å². The van der Waals surface area contributed by atoms with Crippen molar-refractivity contribution in [3.63, 3.8) is 0 Å². The molecule has 88 valence electrons. The molecule has 1 atom stereocenters. The summed E-state index contributed by atoms with van der Waals surface area (Å²) in [7, 11) is 0. The first-order chi connectivity index (χ1) is 7.82. The SMILES string of the molecule is N#CC1(CC2OCCO2)CC2CCC1CC2. The van der Waals surface area contributed by atoms with Crippen molar-refractivity contribution in [2.24, 2.45) is 17.3 Å². The van der Waals surface area contributed by atoms with Crippen LogP contribution < -0.4 is 0 Å². The van der Waals surface area contributed by atoms with Crippen LogP contribution >= 0.6 is 0 Å². The van der Waals surface area contributed by atoms with Gasteiger partial charge in [-0.15, -0.1) is 0 Å². The number of nitriles is 1. The molecule has 0 aromatic heterocycles. The summed E-state index contributed by atoms with van der Waals surface area (Å²) < 4.78 is 11.0. The second-order valence-electron chi connectivity index (χ2n) is 5.56. The van der Waals surface area contributed by atoms with Crippen molar-refractivity contribution in [1.82, 2.24) is 0 Å². The van der Waals surface area contributed by atoms with Crippen LogP contribution in [-0.2, 0) is 9.47 Å². The summed E-state index contributed by atoms with van der Waals surface area (Å²) in [6.07, 6.45) is 6.91. The third-order valence-electron chi connectivity index (χ3n) is 4.73. The minimum atomic E-state index is -0.143. The zero-order chi connectivity index (χ0) is 11.0. The highest BCUT2D eigenvalue weighted by molar-refractivity contribution is 5.09. The highest BCUT2D eigenvalue weighted by atomic mass is 16.7. The number of rotatable bonds is 2. The van der Waals surface area contributed by atoms with Crippen LogP contribution in [-0.4, -0.2) is 19.5 Å². The molecule has 0 spiro atoms. The Hall–Kier alpha value is -0.590. The van der Waals surface area contributed by atoms with E-state index in [1.807, 2.05) is 0 Å². The van der Waals surface area contributed by atoms with Gasteiger partial charge in [-0.2, -0.15) is 5.26 Å². The molecular formula is C13H19NO2. The van der Waals surface area contributed by atoms with Crippen molar-refractivity contribution in [3.8, 4) is 6.07 Å². The standard InChI is InChI=1S/C13H19NO2/c14-9-13(8-12-15-5-6-16-12)7-10-1-3-11(13)4-2-10/h10-12H,1-8H2. The lowest BCUT2D eigenvalue weighted by atomic mass is 9.55. The Bertz CT molecular complexity index is 298. The number of hydrogen-bond donors (Lipinski definition) is 0. The summed E-state index contributed by atoms with van der Waals surface area (Å²) in [4.78, 5) is 0. The number of ether oxygens (including phenoxy) is 2. The molecule has 4 fully saturated rings. The van der Waals surface area contributed by atoms with Crippen LogP contribution in [0.5, 0.6) is 0 Å². The topological polar surface area (TPSA) is 42.2 Å². The summed E-state index contributed by atoms with van der Waals surface area (Å²) in [6, 6.07) is 2.62. The largest absolute Gasteiger partial charge is 0.350 e. The average molecular weight is 221 g/mol. The lowest BCUT2D eigenvalue weighted by Crippen LogP contribution is -2.43. The molecule has 2 bridgehead atoms. The van der Waals surface area contributed by atoms with Crippen LogP contribution in [0.15, 0.2) is 0 Å². The van der Waals surface area contributed by atoms with E-state index in [1.165, 1.54) is 25.7 Å². The molecule has 1 heterocycles. The smallest absolute Gasteiger partial charge is 0.159 e. The summed E-state index contributed by atoms with van der Waals surface area (Å²) >= 11 is 0. The Labute approximate surface area is 96.7 Å².